The Morgan fingerprint density at radius 2 is 0.600 bits per heavy atom. The number of hydrogen-bond acceptors (Lipinski definition) is 4. The van der Waals surface area contributed by atoms with E-state index in [0.29, 0.717) is 0 Å². The molecule has 0 aromatic carbocycles. The first-order valence-corrected chi connectivity index (χ1v) is 7.74. The van der Waals surface area contributed by atoms with Crippen LogP contribution >= 0.6 is 0 Å². The molecule has 120 valence electrons. The molecule has 0 aliphatic carbocycles. The predicted molar refractivity (Wildman–Crippen MR) is 109 cm³/mol. The summed E-state index contributed by atoms with van der Waals surface area (Å²) in [5.74, 6) is 0. The van der Waals surface area contributed by atoms with E-state index in [1.54, 1.807) is 0 Å². The number of nitrogens with zero attached hydrogens (tertiary/aromatic N) is 4. The predicted octanol–water partition coefficient (Wildman–Crippen LogP) is 2.39. The van der Waals surface area contributed by atoms with Crippen LogP contribution in [0, 0.1) is 0 Å². The standard InChI is InChI=1S/C20H12N4.Bi.3H/c1-2-14-10-16-5-6-18(23-16)12-20-8-7-19(24-20)11-17-4-3-15(22-17)9-13(1)21-14;;;;/h1-12H;;;;. The summed E-state index contributed by atoms with van der Waals surface area (Å²) in [6.07, 6.45) is 23.8. The Balaban J connectivity index is 0.00000157. The molecule has 4 nitrogen and oxygen atoms in total. The molecule has 5 heterocycles. The third kappa shape index (κ3) is 3.33. The van der Waals surface area contributed by atoms with Gasteiger partial charge >= 0.3 is 26.2 Å². The third-order valence-corrected chi connectivity index (χ3v) is 3.92. The molecule has 0 spiro atoms. The van der Waals surface area contributed by atoms with Gasteiger partial charge in [0.25, 0.3) is 0 Å². The molecule has 0 atom stereocenters. The molecule has 8 bridgehead atoms. The zero-order valence-corrected chi connectivity index (χ0v) is 18.9. The molecule has 0 aromatic rings. The van der Waals surface area contributed by atoms with Crippen molar-refractivity contribution in [2.24, 2.45) is 20.0 Å². The van der Waals surface area contributed by atoms with Gasteiger partial charge in [-0.2, -0.15) is 0 Å². The Morgan fingerprint density at radius 3 is 0.840 bits per heavy atom. The van der Waals surface area contributed by atoms with Gasteiger partial charge in [0.05, 0.1) is 45.6 Å². The van der Waals surface area contributed by atoms with Crippen LogP contribution in [-0.4, -0.2) is 49.1 Å². The van der Waals surface area contributed by atoms with Gasteiger partial charge in [-0.1, -0.05) is 0 Å². The molecule has 0 fully saturated rings. The molecule has 0 radical (unpaired) electrons. The minimum absolute atomic E-state index is 0. The van der Waals surface area contributed by atoms with Crippen molar-refractivity contribution < 1.29 is 0 Å². The van der Waals surface area contributed by atoms with Crippen LogP contribution in [0.2, 0.25) is 0 Å². The Bertz CT molecular complexity index is 848. The zero-order chi connectivity index (χ0) is 15.9. The van der Waals surface area contributed by atoms with Crippen LogP contribution in [0.4, 0.5) is 0 Å². The fourth-order valence-electron chi connectivity index (χ4n) is 2.83. The van der Waals surface area contributed by atoms with Crippen LogP contribution in [0.1, 0.15) is 0 Å². The molecular weight excluding hydrogens is 505 g/mol. The number of rotatable bonds is 0. The minimum atomic E-state index is 0. The Kier molecular flexibility index (Phi) is 4.10. The molecule has 5 heteroatoms. The van der Waals surface area contributed by atoms with E-state index in [0.717, 1.165) is 45.6 Å². The molecule has 5 aliphatic rings. The summed E-state index contributed by atoms with van der Waals surface area (Å²) in [6, 6.07) is 0. The molecule has 0 aromatic heterocycles. The summed E-state index contributed by atoms with van der Waals surface area (Å²) in [4.78, 5) is 18.4. The van der Waals surface area contributed by atoms with E-state index in [9.17, 15) is 0 Å². The van der Waals surface area contributed by atoms with Crippen LogP contribution in [0.5, 0.6) is 0 Å². The number of hydrogen-bond donors (Lipinski definition) is 0. The van der Waals surface area contributed by atoms with Crippen LogP contribution in [0.3, 0.4) is 0 Å². The van der Waals surface area contributed by atoms with Gasteiger partial charge in [0.15, 0.2) is 0 Å². The second kappa shape index (κ2) is 6.42. The molecule has 5 aliphatic heterocycles. The van der Waals surface area contributed by atoms with Crippen molar-refractivity contribution in [3.8, 4) is 0 Å². The summed E-state index contributed by atoms with van der Waals surface area (Å²) < 4.78 is 0. The first-order valence-electron chi connectivity index (χ1n) is 7.74. The Morgan fingerprint density at radius 1 is 0.360 bits per heavy atom. The number of aliphatic imine (C=N–C) groups is 4. The van der Waals surface area contributed by atoms with Crippen LogP contribution in [-0.2, 0) is 0 Å². The monoisotopic (exact) mass is 520 g/mol. The summed E-state index contributed by atoms with van der Waals surface area (Å²) in [6.45, 7) is 0. The van der Waals surface area contributed by atoms with Gasteiger partial charge in [-0.3, -0.25) is 0 Å². The third-order valence-electron chi connectivity index (χ3n) is 3.92. The molecule has 0 unspecified atom stereocenters. The van der Waals surface area contributed by atoms with E-state index in [1.807, 2.05) is 72.9 Å². The van der Waals surface area contributed by atoms with Crippen LogP contribution in [0.15, 0.2) is 116 Å². The van der Waals surface area contributed by atoms with Gasteiger partial charge < -0.3 is 0 Å². The fourth-order valence-corrected chi connectivity index (χ4v) is 2.83. The van der Waals surface area contributed by atoms with Crippen molar-refractivity contribution in [1.29, 1.82) is 0 Å². The van der Waals surface area contributed by atoms with Gasteiger partial charge in [-0.15, -0.1) is 0 Å². The van der Waals surface area contributed by atoms with Crippen molar-refractivity contribution in [3.05, 3.63) is 95.7 Å². The molecular formula is C20H15BiN4. The van der Waals surface area contributed by atoms with Crippen molar-refractivity contribution in [1.82, 2.24) is 0 Å². The van der Waals surface area contributed by atoms with Crippen LogP contribution in [0.25, 0.3) is 0 Å². The van der Waals surface area contributed by atoms with Crippen molar-refractivity contribution >= 4 is 49.1 Å². The van der Waals surface area contributed by atoms with Crippen molar-refractivity contribution in [2.75, 3.05) is 0 Å². The van der Waals surface area contributed by atoms with Gasteiger partial charge in [0.2, 0.25) is 0 Å². The van der Waals surface area contributed by atoms with E-state index < -0.39 is 0 Å². The maximum atomic E-state index is 4.59. The van der Waals surface area contributed by atoms with Gasteiger partial charge in [0.1, 0.15) is 0 Å². The van der Waals surface area contributed by atoms with E-state index in [4.69, 9.17) is 0 Å². The Hall–Kier alpha value is -2.52. The summed E-state index contributed by atoms with van der Waals surface area (Å²) in [5.41, 5.74) is 7.15. The molecule has 25 heavy (non-hydrogen) atoms. The van der Waals surface area contributed by atoms with Gasteiger partial charge in [-0.25, -0.2) is 20.0 Å². The SMILES string of the molecule is C1=CC2=NC1=CC1=NC(=CC3=NC(=CC4=NC(=C2)C=C4)C=C3)C=C1.[BiH3]. The van der Waals surface area contributed by atoms with Crippen LogP contribution < -0.4 is 0 Å². The second-order valence-electron chi connectivity index (χ2n) is 5.76. The maximum absolute atomic E-state index is 4.59. The summed E-state index contributed by atoms with van der Waals surface area (Å²) in [7, 11) is 0. The first kappa shape index (κ1) is 16.0. The first-order chi connectivity index (χ1) is 11.8. The average molecular weight is 520 g/mol. The quantitative estimate of drug-likeness (QED) is 0.441. The summed E-state index contributed by atoms with van der Waals surface area (Å²) in [5, 5.41) is 0. The molecule has 0 N–H and O–H groups in total. The molecule has 0 saturated heterocycles. The number of allylic oxidation sites excluding steroid dienone is 12. The van der Waals surface area contributed by atoms with E-state index in [1.165, 1.54) is 0 Å². The number of fused-ring (bicyclic) bond motifs is 4. The van der Waals surface area contributed by atoms with Crippen molar-refractivity contribution in [3.63, 3.8) is 0 Å². The van der Waals surface area contributed by atoms with E-state index in [2.05, 4.69) is 20.0 Å². The molecule has 5 rings (SSSR count). The normalized spacial score (nSPS) is 21.8. The summed E-state index contributed by atoms with van der Waals surface area (Å²) >= 11 is 0. The van der Waals surface area contributed by atoms with Gasteiger partial charge in [-0.05, 0) is 72.9 Å². The zero-order valence-electron chi connectivity index (χ0n) is 13.4. The van der Waals surface area contributed by atoms with E-state index in [-0.39, 0.29) is 26.2 Å². The average Bonchev–Trinajstić information content (AvgIpc) is 3.32. The second-order valence-corrected chi connectivity index (χ2v) is 5.76. The van der Waals surface area contributed by atoms with Gasteiger partial charge in [0, 0.05) is 0 Å². The molecule has 0 amide bonds. The fraction of sp³-hybridized carbons (Fsp3) is 0. The topological polar surface area (TPSA) is 49.4 Å². The molecule has 0 saturated carbocycles. The van der Waals surface area contributed by atoms with Crippen molar-refractivity contribution in [2.45, 2.75) is 0 Å². The Labute approximate surface area is 164 Å². The van der Waals surface area contributed by atoms with E-state index >= 15 is 0 Å².